The largest absolute Gasteiger partial charge is 0.445 e. The van der Waals surface area contributed by atoms with E-state index in [4.69, 9.17) is 8.92 Å². The Kier molecular flexibility index (Phi) is 5.51. The molecule has 0 N–H and O–H groups in total. The van der Waals surface area contributed by atoms with Gasteiger partial charge in [-0.05, 0) is 5.56 Å². The Morgan fingerprint density at radius 1 is 1.50 bits per heavy atom. The van der Waals surface area contributed by atoms with Crippen molar-refractivity contribution in [3.05, 3.63) is 35.9 Å². The van der Waals surface area contributed by atoms with Crippen molar-refractivity contribution in [2.75, 3.05) is 13.1 Å². The van der Waals surface area contributed by atoms with Crippen molar-refractivity contribution in [1.82, 2.24) is 4.90 Å². The molecule has 1 heterocycles. The van der Waals surface area contributed by atoms with E-state index in [0.717, 1.165) is 14.8 Å². The van der Waals surface area contributed by atoms with Crippen LogP contribution < -0.4 is 0 Å². The fraction of sp³-hybridized carbons (Fsp3) is 0.385. The summed E-state index contributed by atoms with van der Waals surface area (Å²) >= 11 is 1.97. The molecule has 2 rings (SSSR count). The van der Waals surface area contributed by atoms with Gasteiger partial charge in [0, 0.05) is 34.2 Å². The molecule has 1 aliphatic rings. The molecule has 20 heavy (non-hydrogen) atoms. The lowest BCUT2D eigenvalue weighted by atomic mass is 10.1. The topological polar surface area (TPSA) is 62.6 Å². The van der Waals surface area contributed by atoms with Crippen LogP contribution >= 0.6 is 30.4 Å². The van der Waals surface area contributed by atoms with E-state index in [1.54, 1.807) is 0 Å². The molecule has 0 radical (unpaired) electrons. The number of nitrogens with zero attached hydrogens (tertiary/aromatic N) is 2. The summed E-state index contributed by atoms with van der Waals surface area (Å²) in [5.41, 5.74) is 0.0168. The van der Waals surface area contributed by atoms with Crippen LogP contribution in [0.2, 0.25) is 0 Å². The zero-order valence-electron chi connectivity index (χ0n) is 10.6. The zero-order valence-corrected chi connectivity index (χ0v) is 13.6. The van der Waals surface area contributed by atoms with E-state index < -0.39 is 11.7 Å². The van der Waals surface area contributed by atoms with E-state index in [1.165, 1.54) is 4.90 Å². The van der Waals surface area contributed by atoms with Gasteiger partial charge >= 0.3 is 6.09 Å². The van der Waals surface area contributed by atoms with Crippen LogP contribution in [0.3, 0.4) is 0 Å². The Balaban J connectivity index is 1.87. The quantitative estimate of drug-likeness (QED) is 0.569. The Bertz CT molecular complexity index is 508. The van der Waals surface area contributed by atoms with Crippen molar-refractivity contribution in [2.45, 2.75) is 18.6 Å². The summed E-state index contributed by atoms with van der Waals surface area (Å²) in [6.45, 7) is 0.948. The van der Waals surface area contributed by atoms with Gasteiger partial charge in [0.2, 0.25) is 0 Å². The molecule has 1 aromatic rings. The van der Waals surface area contributed by atoms with Crippen molar-refractivity contribution in [3.63, 3.8) is 0 Å². The van der Waals surface area contributed by atoms with Gasteiger partial charge in [-0.25, -0.2) is 4.79 Å². The summed E-state index contributed by atoms with van der Waals surface area (Å²) in [7, 11) is 1.12. The summed E-state index contributed by atoms with van der Waals surface area (Å²) in [6.07, 6.45) is 0.0907. The average Bonchev–Trinajstić information content (AvgIpc) is 2.91. The van der Waals surface area contributed by atoms with Crippen LogP contribution in [-0.4, -0.2) is 29.7 Å². The minimum atomic E-state index is -0.919. The van der Waals surface area contributed by atoms with Gasteiger partial charge in [0.05, 0.1) is 15.8 Å². The first-order valence-electron chi connectivity index (χ1n) is 6.02. The molecule has 1 atom stereocenters. The molecule has 5 nitrogen and oxygen atoms in total. The summed E-state index contributed by atoms with van der Waals surface area (Å²) in [4.78, 5) is 13.5. The number of hydrogen-bond acceptors (Lipinski definition) is 5. The van der Waals surface area contributed by atoms with Gasteiger partial charge in [-0.2, -0.15) is 5.26 Å². The molecule has 1 unspecified atom stereocenters. The number of amides is 1. The normalized spacial score (nSPS) is 21.5. The van der Waals surface area contributed by atoms with Crippen LogP contribution in [0.5, 0.6) is 0 Å². The van der Waals surface area contributed by atoms with Crippen molar-refractivity contribution >= 4 is 36.5 Å². The van der Waals surface area contributed by atoms with Crippen molar-refractivity contribution in [3.8, 4) is 6.07 Å². The first-order valence-corrected chi connectivity index (χ1v) is 9.31. The van der Waals surface area contributed by atoms with Crippen LogP contribution in [0, 0.1) is 11.3 Å². The monoisotopic (exact) mass is 404 g/mol. The molecule has 0 spiro atoms. The molecule has 0 aliphatic carbocycles. The average molecular weight is 404 g/mol. The summed E-state index contributed by atoms with van der Waals surface area (Å²) in [5, 5.41) is 9.18. The molecule has 1 aromatic carbocycles. The van der Waals surface area contributed by atoms with E-state index in [2.05, 4.69) is 6.07 Å². The van der Waals surface area contributed by atoms with E-state index in [9.17, 15) is 10.1 Å². The van der Waals surface area contributed by atoms with E-state index >= 15 is 0 Å². The second-order valence-electron chi connectivity index (χ2n) is 4.46. The molecular formula is C13H13IN2O3S. The third-order valence-corrected chi connectivity index (χ3v) is 4.01. The fourth-order valence-corrected chi connectivity index (χ4v) is 3.31. The Hall–Kier alpha value is -0.980. The first-order chi connectivity index (χ1) is 9.69. The zero-order chi connectivity index (χ0) is 14.4. The predicted molar refractivity (Wildman–Crippen MR) is 83.9 cm³/mol. The minimum absolute atomic E-state index is 0.234. The maximum Gasteiger partial charge on any atom is 0.410 e. The number of likely N-dealkylation sites (tertiary alicyclic amines) is 1. The maximum absolute atomic E-state index is 12.0. The van der Waals surface area contributed by atoms with Gasteiger partial charge in [-0.1, -0.05) is 30.3 Å². The minimum Gasteiger partial charge on any atom is -0.445 e. The standard InChI is InChI=1S/C13H13IN2O3S/c14-20-19-13(9-15)6-7-16(10-13)12(17)18-8-11-4-2-1-3-5-11/h1-5H,6-8,10H2. The smallest absolute Gasteiger partial charge is 0.410 e. The maximum atomic E-state index is 12.0. The lowest BCUT2D eigenvalue weighted by Gasteiger charge is -2.19. The number of carbonyl (C=O) groups excluding carboxylic acids is 1. The number of nitriles is 1. The number of halogens is 1. The molecule has 0 bridgehead atoms. The third-order valence-electron chi connectivity index (χ3n) is 3.09. The molecule has 7 heteroatoms. The van der Waals surface area contributed by atoms with E-state index in [-0.39, 0.29) is 13.2 Å². The summed E-state index contributed by atoms with van der Waals surface area (Å²) in [5.74, 6) is 0. The van der Waals surface area contributed by atoms with Crippen molar-refractivity contribution in [1.29, 1.82) is 5.26 Å². The van der Waals surface area contributed by atoms with Gasteiger partial charge < -0.3 is 9.64 Å². The molecule has 1 aliphatic heterocycles. The second kappa shape index (κ2) is 7.15. The number of hydrogen-bond donors (Lipinski definition) is 0. The summed E-state index contributed by atoms with van der Waals surface area (Å²) < 4.78 is 10.6. The Morgan fingerprint density at radius 3 is 2.90 bits per heavy atom. The number of benzene rings is 1. The molecule has 1 fully saturated rings. The van der Waals surface area contributed by atoms with Crippen LogP contribution in [0.4, 0.5) is 4.79 Å². The van der Waals surface area contributed by atoms with Gasteiger partial charge in [0.25, 0.3) is 0 Å². The van der Waals surface area contributed by atoms with Gasteiger partial charge in [-0.3, -0.25) is 4.18 Å². The predicted octanol–water partition coefficient (Wildman–Crippen LogP) is 3.31. The highest BCUT2D eigenvalue weighted by atomic mass is 127. The van der Waals surface area contributed by atoms with Crippen LogP contribution in [0.1, 0.15) is 12.0 Å². The molecule has 0 aromatic heterocycles. The molecular weight excluding hydrogens is 391 g/mol. The Labute approximate surface area is 134 Å². The lowest BCUT2D eigenvalue weighted by Crippen LogP contribution is -2.36. The number of ether oxygens (including phenoxy) is 1. The SMILES string of the molecule is N#CC1(OSI)CCN(C(=O)OCc2ccccc2)C1. The highest BCUT2D eigenvalue weighted by molar-refractivity contribution is 14.2. The van der Waals surface area contributed by atoms with Gasteiger partial charge in [0.1, 0.15) is 12.7 Å². The van der Waals surface area contributed by atoms with Crippen molar-refractivity contribution < 1.29 is 13.7 Å². The summed E-state index contributed by atoms with van der Waals surface area (Å²) in [6, 6.07) is 11.6. The van der Waals surface area contributed by atoms with E-state index in [0.29, 0.717) is 13.0 Å². The molecule has 1 amide bonds. The molecule has 0 saturated carbocycles. The third kappa shape index (κ3) is 3.77. The number of rotatable bonds is 4. The van der Waals surface area contributed by atoms with Gasteiger partial charge in [0.15, 0.2) is 5.60 Å². The Morgan fingerprint density at radius 2 is 2.25 bits per heavy atom. The van der Waals surface area contributed by atoms with Crippen LogP contribution in [0.15, 0.2) is 30.3 Å². The van der Waals surface area contributed by atoms with Crippen LogP contribution in [-0.2, 0) is 15.5 Å². The second-order valence-corrected chi connectivity index (χ2v) is 5.84. The van der Waals surface area contributed by atoms with Crippen molar-refractivity contribution in [2.24, 2.45) is 0 Å². The highest BCUT2D eigenvalue weighted by Crippen LogP contribution is 2.32. The fourth-order valence-electron chi connectivity index (χ4n) is 1.99. The molecule has 1 saturated heterocycles. The number of carbonyl (C=O) groups is 1. The van der Waals surface area contributed by atoms with Crippen LogP contribution in [0.25, 0.3) is 0 Å². The van der Waals surface area contributed by atoms with Gasteiger partial charge in [-0.15, -0.1) is 0 Å². The molecule has 106 valence electrons. The lowest BCUT2D eigenvalue weighted by molar-refractivity contribution is 0.0950. The highest BCUT2D eigenvalue weighted by Gasteiger charge is 2.42. The van der Waals surface area contributed by atoms with E-state index in [1.807, 2.05) is 51.5 Å². The first kappa shape index (κ1) is 15.4.